The van der Waals surface area contributed by atoms with Gasteiger partial charge in [-0.15, -0.1) is 0 Å². The fourth-order valence-electron chi connectivity index (χ4n) is 3.32. The summed E-state index contributed by atoms with van der Waals surface area (Å²) >= 11 is 0. The largest absolute Gasteiger partial charge is 0.325 e. The second kappa shape index (κ2) is 6.82. The molecule has 6 heteroatoms. The number of anilines is 1. The highest BCUT2D eigenvalue weighted by Gasteiger charge is 2.60. The zero-order valence-electron chi connectivity index (χ0n) is 16.7. The van der Waals surface area contributed by atoms with Crippen LogP contribution >= 0.6 is 0 Å². The maximum atomic E-state index is 12.8. The lowest BCUT2D eigenvalue weighted by atomic mass is 10.1. The molecule has 0 radical (unpaired) electrons. The lowest BCUT2D eigenvalue weighted by molar-refractivity contribution is -0.118. The van der Waals surface area contributed by atoms with E-state index in [4.69, 9.17) is 0 Å². The molecule has 2 N–H and O–H groups in total. The molecule has 26 heavy (non-hydrogen) atoms. The van der Waals surface area contributed by atoms with Gasteiger partial charge in [0.15, 0.2) is 0 Å². The lowest BCUT2D eigenvalue weighted by Gasteiger charge is -2.21. The molecule has 0 aliphatic heterocycles. The number of para-hydroxylation sites is 1. The zero-order chi connectivity index (χ0) is 19.9. The van der Waals surface area contributed by atoms with Crippen LogP contribution in [0.5, 0.6) is 0 Å². The molecular weight excluding hydrogens is 348 g/mol. The Morgan fingerprint density at radius 3 is 2.27 bits per heavy atom. The predicted octanol–water partition coefficient (Wildman–Crippen LogP) is 3.94. The van der Waals surface area contributed by atoms with Gasteiger partial charge in [-0.3, -0.25) is 4.79 Å². The topological polar surface area (TPSA) is 75.3 Å². The molecule has 1 fully saturated rings. The first-order valence-corrected chi connectivity index (χ1v) is 10.3. The SMILES string of the molecule is CC(C)=C[C@H]1[C@H](C(=O)Nc2ccccc2S(=O)(=O)NC(C)(C)C)C1(C)C. The molecule has 0 spiro atoms. The van der Waals surface area contributed by atoms with Gasteiger partial charge in [-0.25, -0.2) is 13.1 Å². The highest BCUT2D eigenvalue weighted by atomic mass is 32.2. The van der Waals surface area contributed by atoms with Gasteiger partial charge >= 0.3 is 0 Å². The van der Waals surface area contributed by atoms with Crippen LogP contribution in [0.4, 0.5) is 5.69 Å². The van der Waals surface area contributed by atoms with Crippen LogP contribution in [0, 0.1) is 17.3 Å². The van der Waals surface area contributed by atoms with E-state index in [-0.39, 0.29) is 28.1 Å². The number of rotatable bonds is 5. The number of nitrogens with one attached hydrogen (secondary N) is 2. The van der Waals surface area contributed by atoms with Crippen molar-refractivity contribution in [3.63, 3.8) is 0 Å². The highest BCUT2D eigenvalue weighted by Crippen LogP contribution is 2.59. The van der Waals surface area contributed by atoms with Crippen molar-refractivity contribution in [2.45, 2.75) is 58.9 Å². The third-order valence-electron chi connectivity index (χ3n) is 4.58. The van der Waals surface area contributed by atoms with Crippen molar-refractivity contribution in [2.75, 3.05) is 5.32 Å². The number of hydrogen-bond acceptors (Lipinski definition) is 3. The Kier molecular flexibility index (Phi) is 5.41. The summed E-state index contributed by atoms with van der Waals surface area (Å²) < 4.78 is 28.0. The maximum absolute atomic E-state index is 12.8. The van der Waals surface area contributed by atoms with Crippen molar-refractivity contribution in [3.05, 3.63) is 35.9 Å². The van der Waals surface area contributed by atoms with Gasteiger partial charge in [0.1, 0.15) is 4.90 Å². The predicted molar refractivity (Wildman–Crippen MR) is 105 cm³/mol. The number of allylic oxidation sites excluding steroid dienone is 2. The van der Waals surface area contributed by atoms with E-state index < -0.39 is 15.6 Å². The Bertz CT molecular complexity index is 829. The van der Waals surface area contributed by atoms with E-state index in [0.29, 0.717) is 5.69 Å². The minimum atomic E-state index is -3.74. The van der Waals surface area contributed by atoms with E-state index >= 15 is 0 Å². The minimum absolute atomic E-state index is 0.0838. The van der Waals surface area contributed by atoms with Gasteiger partial charge in [-0.1, -0.05) is 37.6 Å². The summed E-state index contributed by atoms with van der Waals surface area (Å²) in [6.45, 7) is 13.5. The summed E-state index contributed by atoms with van der Waals surface area (Å²) in [5.74, 6) is -0.136. The Labute approximate surface area is 157 Å². The molecule has 0 bridgehead atoms. The van der Waals surface area contributed by atoms with Gasteiger partial charge < -0.3 is 5.32 Å². The molecule has 1 aromatic carbocycles. The third kappa shape index (κ3) is 4.54. The van der Waals surface area contributed by atoms with Crippen LogP contribution in [-0.2, 0) is 14.8 Å². The molecule has 1 amide bonds. The number of sulfonamides is 1. The fourth-order valence-corrected chi connectivity index (χ4v) is 4.90. The summed E-state index contributed by atoms with van der Waals surface area (Å²) in [6, 6.07) is 6.51. The van der Waals surface area contributed by atoms with E-state index in [0.717, 1.165) is 0 Å². The van der Waals surface area contributed by atoms with Gasteiger partial charge in [0.25, 0.3) is 0 Å². The number of carbonyl (C=O) groups is 1. The van der Waals surface area contributed by atoms with Gasteiger partial charge in [0, 0.05) is 5.54 Å². The summed E-state index contributed by atoms with van der Waals surface area (Å²) in [5.41, 5.74) is 0.755. The second-order valence-corrected chi connectivity index (χ2v) is 10.6. The Morgan fingerprint density at radius 2 is 1.73 bits per heavy atom. The normalized spacial score (nSPS) is 21.8. The van der Waals surface area contributed by atoms with Crippen molar-refractivity contribution in [3.8, 4) is 0 Å². The maximum Gasteiger partial charge on any atom is 0.243 e. The molecule has 1 aromatic rings. The minimum Gasteiger partial charge on any atom is -0.325 e. The van der Waals surface area contributed by atoms with Crippen LogP contribution in [0.15, 0.2) is 40.8 Å². The standard InChI is InChI=1S/C20H30N2O3S/c1-13(2)12-14-17(20(14,6)7)18(23)21-15-10-8-9-11-16(15)26(24,25)22-19(3,4)5/h8-12,14,17,22H,1-7H3,(H,21,23)/t14-,17+/m0/s1. The van der Waals surface area contributed by atoms with E-state index in [2.05, 4.69) is 30.0 Å². The smallest absolute Gasteiger partial charge is 0.243 e. The number of benzene rings is 1. The van der Waals surface area contributed by atoms with E-state index in [1.165, 1.54) is 11.6 Å². The van der Waals surface area contributed by atoms with Gasteiger partial charge in [-0.05, 0) is 58.1 Å². The molecule has 1 saturated carbocycles. The lowest BCUT2D eigenvalue weighted by Crippen LogP contribution is -2.40. The van der Waals surface area contributed by atoms with E-state index in [1.54, 1.807) is 39.0 Å². The number of carbonyl (C=O) groups excluding carboxylic acids is 1. The van der Waals surface area contributed by atoms with Crippen LogP contribution < -0.4 is 10.0 Å². The first kappa shape index (κ1) is 20.6. The molecule has 0 heterocycles. The zero-order valence-corrected chi connectivity index (χ0v) is 17.5. The Morgan fingerprint density at radius 1 is 1.15 bits per heavy atom. The molecule has 1 aliphatic rings. The summed E-state index contributed by atoms with van der Waals surface area (Å²) in [6.07, 6.45) is 2.12. The summed E-state index contributed by atoms with van der Waals surface area (Å²) in [4.78, 5) is 12.9. The molecular formula is C20H30N2O3S. The number of hydrogen-bond donors (Lipinski definition) is 2. The molecule has 144 valence electrons. The summed E-state index contributed by atoms with van der Waals surface area (Å²) in [5, 5.41) is 2.84. The molecule has 0 aromatic heterocycles. The fraction of sp³-hybridized carbons (Fsp3) is 0.550. The van der Waals surface area contributed by atoms with Crippen molar-refractivity contribution in [1.29, 1.82) is 0 Å². The molecule has 5 nitrogen and oxygen atoms in total. The van der Waals surface area contributed by atoms with E-state index in [1.807, 2.05) is 13.8 Å². The second-order valence-electron chi connectivity index (χ2n) is 8.91. The van der Waals surface area contributed by atoms with Crippen molar-refractivity contribution in [1.82, 2.24) is 4.72 Å². The first-order valence-electron chi connectivity index (χ1n) is 8.84. The van der Waals surface area contributed by atoms with Crippen molar-refractivity contribution in [2.24, 2.45) is 17.3 Å². The van der Waals surface area contributed by atoms with Crippen LogP contribution in [0.2, 0.25) is 0 Å². The highest BCUT2D eigenvalue weighted by molar-refractivity contribution is 7.89. The average Bonchev–Trinajstić information content (AvgIpc) is 2.96. The first-order chi connectivity index (χ1) is 11.8. The van der Waals surface area contributed by atoms with Gasteiger partial charge in [0.05, 0.1) is 11.6 Å². The Balaban J connectivity index is 2.27. The molecule has 2 rings (SSSR count). The molecule has 1 aliphatic carbocycles. The monoisotopic (exact) mass is 378 g/mol. The average molecular weight is 379 g/mol. The van der Waals surface area contributed by atoms with E-state index in [9.17, 15) is 13.2 Å². The van der Waals surface area contributed by atoms with Gasteiger partial charge in [-0.2, -0.15) is 0 Å². The third-order valence-corrected chi connectivity index (χ3v) is 6.40. The van der Waals surface area contributed by atoms with Crippen LogP contribution in [0.25, 0.3) is 0 Å². The van der Waals surface area contributed by atoms with Crippen LogP contribution in [0.1, 0.15) is 48.5 Å². The summed E-state index contributed by atoms with van der Waals surface area (Å²) in [7, 11) is -3.74. The van der Waals surface area contributed by atoms with Crippen molar-refractivity contribution < 1.29 is 13.2 Å². The molecule has 0 unspecified atom stereocenters. The van der Waals surface area contributed by atoms with Gasteiger partial charge in [0.2, 0.25) is 15.9 Å². The number of amides is 1. The Hall–Kier alpha value is -1.66. The van der Waals surface area contributed by atoms with Crippen LogP contribution in [0.3, 0.4) is 0 Å². The molecule has 0 saturated heterocycles. The quantitative estimate of drug-likeness (QED) is 0.762. The van der Waals surface area contributed by atoms with Crippen molar-refractivity contribution >= 4 is 21.6 Å². The molecule has 2 atom stereocenters. The van der Waals surface area contributed by atoms with Crippen LogP contribution in [-0.4, -0.2) is 19.9 Å².